The van der Waals surface area contributed by atoms with Gasteiger partial charge in [-0.3, -0.25) is 9.59 Å². The molecule has 0 aromatic heterocycles. The van der Waals surface area contributed by atoms with Gasteiger partial charge in [-0.15, -0.1) is 0 Å². The third-order valence-corrected chi connectivity index (χ3v) is 3.36. The molecule has 2 rings (SSSR count). The van der Waals surface area contributed by atoms with E-state index in [-0.39, 0.29) is 11.1 Å². The van der Waals surface area contributed by atoms with Crippen LogP contribution in [0.25, 0.3) is 0 Å². The van der Waals surface area contributed by atoms with Crippen LogP contribution in [-0.4, -0.2) is 22.8 Å². The van der Waals surface area contributed by atoms with Crippen LogP contribution < -0.4 is 0 Å². The predicted octanol–water partition coefficient (Wildman–Crippen LogP) is 2.57. The Morgan fingerprint density at radius 3 is 2.10 bits per heavy atom. The minimum Gasteiger partial charge on any atom is -0.329 e. The van der Waals surface area contributed by atoms with Crippen LogP contribution in [0.3, 0.4) is 0 Å². The normalized spacial score (nSPS) is 14.4. The molecule has 20 heavy (non-hydrogen) atoms. The number of benzene rings is 1. The van der Waals surface area contributed by atoms with Crippen molar-refractivity contribution in [2.45, 2.75) is 33.6 Å². The number of hydrogen-bond acceptors (Lipinski definition) is 4. The topological polar surface area (TPSA) is 63.7 Å². The van der Waals surface area contributed by atoms with Crippen molar-refractivity contribution >= 4 is 17.8 Å². The molecule has 1 aromatic carbocycles. The summed E-state index contributed by atoms with van der Waals surface area (Å²) in [5.41, 5.74) is -0.207. The van der Waals surface area contributed by atoms with Crippen molar-refractivity contribution < 1.29 is 19.2 Å². The molecular formula is C15H17NO4. The highest BCUT2D eigenvalue weighted by Gasteiger charge is 2.41. The molecule has 0 radical (unpaired) electrons. The van der Waals surface area contributed by atoms with E-state index in [1.165, 1.54) is 0 Å². The van der Waals surface area contributed by atoms with Crippen molar-refractivity contribution in [3.8, 4) is 0 Å². The van der Waals surface area contributed by atoms with E-state index >= 15 is 0 Å². The third-order valence-electron chi connectivity index (χ3n) is 3.36. The number of hydrogen-bond donors (Lipinski definition) is 0. The summed E-state index contributed by atoms with van der Waals surface area (Å²) in [6, 6.07) is 6.41. The molecule has 0 N–H and O–H groups in total. The molecule has 0 spiro atoms. The summed E-state index contributed by atoms with van der Waals surface area (Å²) in [5, 5.41) is 0.560. The molecule has 0 fully saturated rings. The largest absolute Gasteiger partial charge is 0.338 e. The molecule has 2 amide bonds. The third kappa shape index (κ3) is 2.31. The van der Waals surface area contributed by atoms with Crippen LogP contribution in [0.15, 0.2) is 24.3 Å². The summed E-state index contributed by atoms with van der Waals surface area (Å²) in [5.74, 6) is -1.76. The summed E-state index contributed by atoms with van der Waals surface area (Å²) in [6.45, 7) is 5.42. The van der Waals surface area contributed by atoms with E-state index in [9.17, 15) is 14.4 Å². The van der Waals surface area contributed by atoms with Gasteiger partial charge >= 0.3 is 5.97 Å². The monoisotopic (exact) mass is 275 g/mol. The van der Waals surface area contributed by atoms with E-state index in [2.05, 4.69) is 0 Å². The highest BCUT2D eigenvalue weighted by Crippen LogP contribution is 2.28. The quantitative estimate of drug-likeness (QED) is 0.792. The van der Waals surface area contributed by atoms with E-state index in [0.717, 1.165) is 6.42 Å². The van der Waals surface area contributed by atoms with Gasteiger partial charge in [0, 0.05) is 0 Å². The molecule has 0 saturated carbocycles. The lowest BCUT2D eigenvalue weighted by Gasteiger charge is -2.23. The number of carbonyl (C=O) groups excluding carboxylic acids is 3. The summed E-state index contributed by atoms with van der Waals surface area (Å²) in [4.78, 5) is 41.2. The summed E-state index contributed by atoms with van der Waals surface area (Å²) >= 11 is 0. The highest BCUT2D eigenvalue weighted by molar-refractivity contribution is 6.20. The number of amides is 2. The van der Waals surface area contributed by atoms with Gasteiger partial charge < -0.3 is 4.84 Å². The maximum Gasteiger partial charge on any atom is 0.338 e. The average molecular weight is 275 g/mol. The number of nitrogens with zero attached hydrogens (tertiary/aromatic N) is 1. The maximum absolute atomic E-state index is 12.1. The highest BCUT2D eigenvalue weighted by atomic mass is 16.7. The van der Waals surface area contributed by atoms with Crippen molar-refractivity contribution in [3.05, 3.63) is 35.4 Å². The van der Waals surface area contributed by atoms with E-state index < -0.39 is 23.2 Å². The van der Waals surface area contributed by atoms with E-state index in [1.54, 1.807) is 38.1 Å². The molecule has 5 heteroatoms. The maximum atomic E-state index is 12.1. The first-order chi connectivity index (χ1) is 9.38. The molecule has 0 atom stereocenters. The summed E-state index contributed by atoms with van der Waals surface area (Å²) in [7, 11) is 0. The Labute approximate surface area is 117 Å². The van der Waals surface area contributed by atoms with Gasteiger partial charge in [0.1, 0.15) is 0 Å². The Kier molecular flexibility index (Phi) is 3.61. The molecule has 0 bridgehead atoms. The Hall–Kier alpha value is -2.17. The number of hydroxylamine groups is 2. The van der Waals surface area contributed by atoms with Gasteiger partial charge in [0.2, 0.25) is 0 Å². The minimum absolute atomic E-state index is 0.263. The lowest BCUT2D eigenvalue weighted by atomic mass is 9.88. The second kappa shape index (κ2) is 5.07. The molecule has 1 aliphatic heterocycles. The van der Waals surface area contributed by atoms with Crippen LogP contribution in [0.5, 0.6) is 0 Å². The van der Waals surface area contributed by atoms with Crippen molar-refractivity contribution in [1.82, 2.24) is 5.06 Å². The van der Waals surface area contributed by atoms with Crippen molar-refractivity contribution in [1.29, 1.82) is 0 Å². The van der Waals surface area contributed by atoms with Crippen LogP contribution in [0.1, 0.15) is 54.3 Å². The number of fused-ring (bicyclic) bond motifs is 1. The Morgan fingerprint density at radius 2 is 1.65 bits per heavy atom. The van der Waals surface area contributed by atoms with Gasteiger partial charge in [0.15, 0.2) is 0 Å². The SMILES string of the molecule is CCCC(C)(C)C(=O)ON1C(=O)c2ccccc2C1=O. The first-order valence-electron chi connectivity index (χ1n) is 6.58. The second-order valence-corrected chi connectivity index (χ2v) is 5.46. The molecule has 1 aromatic rings. The lowest BCUT2D eigenvalue weighted by Crippen LogP contribution is -2.38. The van der Waals surface area contributed by atoms with Gasteiger partial charge in [-0.1, -0.05) is 30.5 Å². The molecule has 0 unspecified atom stereocenters. The minimum atomic E-state index is -0.732. The van der Waals surface area contributed by atoms with Gasteiger partial charge in [-0.05, 0) is 32.4 Å². The molecule has 106 valence electrons. The molecule has 5 nitrogen and oxygen atoms in total. The average Bonchev–Trinajstić information content (AvgIpc) is 2.64. The van der Waals surface area contributed by atoms with Crippen LogP contribution >= 0.6 is 0 Å². The van der Waals surface area contributed by atoms with Crippen LogP contribution in [-0.2, 0) is 9.63 Å². The second-order valence-electron chi connectivity index (χ2n) is 5.46. The van der Waals surface area contributed by atoms with Crippen molar-refractivity contribution in [2.75, 3.05) is 0 Å². The molecule has 0 aliphatic carbocycles. The number of imide groups is 1. The van der Waals surface area contributed by atoms with Gasteiger partial charge in [0.25, 0.3) is 11.8 Å². The summed E-state index contributed by atoms with van der Waals surface area (Å²) < 4.78 is 0. The van der Waals surface area contributed by atoms with E-state index in [4.69, 9.17) is 4.84 Å². The van der Waals surface area contributed by atoms with Crippen molar-refractivity contribution in [3.63, 3.8) is 0 Å². The fourth-order valence-electron chi connectivity index (χ4n) is 2.18. The fraction of sp³-hybridized carbons (Fsp3) is 0.400. The number of rotatable bonds is 4. The predicted molar refractivity (Wildman–Crippen MR) is 71.7 cm³/mol. The Bertz CT molecular complexity index is 542. The number of carbonyl (C=O) groups is 3. The fourth-order valence-corrected chi connectivity index (χ4v) is 2.18. The van der Waals surface area contributed by atoms with E-state index in [0.29, 0.717) is 11.5 Å². The van der Waals surface area contributed by atoms with Crippen molar-refractivity contribution in [2.24, 2.45) is 5.41 Å². The van der Waals surface area contributed by atoms with Crippen LogP contribution in [0, 0.1) is 5.41 Å². The first-order valence-corrected chi connectivity index (χ1v) is 6.58. The molecule has 0 saturated heterocycles. The Balaban J connectivity index is 2.19. The molecule has 1 aliphatic rings. The zero-order chi connectivity index (χ0) is 14.9. The zero-order valence-corrected chi connectivity index (χ0v) is 11.8. The van der Waals surface area contributed by atoms with Gasteiger partial charge in [0.05, 0.1) is 16.5 Å². The summed E-state index contributed by atoms with van der Waals surface area (Å²) in [6.07, 6.45) is 1.43. The zero-order valence-electron chi connectivity index (χ0n) is 11.8. The molecule has 1 heterocycles. The standard InChI is InChI=1S/C15H17NO4/c1-4-9-15(2,3)14(19)20-16-12(17)10-7-5-6-8-11(10)13(16)18/h5-8H,4,9H2,1-3H3. The first kappa shape index (κ1) is 14.2. The van der Waals surface area contributed by atoms with Crippen LogP contribution in [0.2, 0.25) is 0 Å². The van der Waals surface area contributed by atoms with Gasteiger partial charge in [-0.2, -0.15) is 0 Å². The smallest absolute Gasteiger partial charge is 0.329 e. The van der Waals surface area contributed by atoms with E-state index in [1.807, 2.05) is 6.92 Å². The Morgan fingerprint density at radius 1 is 1.15 bits per heavy atom. The molecular weight excluding hydrogens is 258 g/mol. The van der Waals surface area contributed by atoms with Crippen LogP contribution in [0.4, 0.5) is 0 Å². The lowest BCUT2D eigenvalue weighted by molar-refractivity contribution is -0.179. The van der Waals surface area contributed by atoms with Gasteiger partial charge in [-0.25, -0.2) is 4.79 Å².